The summed E-state index contributed by atoms with van der Waals surface area (Å²) in [5.41, 5.74) is 6.03. The zero-order valence-electron chi connectivity index (χ0n) is 10.7. The molecule has 0 aromatic carbocycles. The minimum Gasteiger partial charge on any atom is -0.328 e. The molecule has 1 aliphatic heterocycles. The highest BCUT2D eigenvalue weighted by molar-refractivity contribution is 4.76. The van der Waals surface area contributed by atoms with Gasteiger partial charge in [-0.3, -0.25) is 0 Å². The average Bonchev–Trinajstić information content (AvgIpc) is 2.17. The summed E-state index contributed by atoms with van der Waals surface area (Å²) in [6.07, 6.45) is 5.11. The van der Waals surface area contributed by atoms with Crippen LogP contribution in [0.5, 0.6) is 0 Å². The molecule has 1 heterocycles. The Kier molecular flexibility index (Phi) is 5.62. The van der Waals surface area contributed by atoms with Gasteiger partial charge in [-0.05, 0) is 44.1 Å². The van der Waals surface area contributed by atoms with Crippen molar-refractivity contribution in [2.75, 3.05) is 19.6 Å². The fraction of sp³-hybridized carbons (Fsp3) is 1.00. The summed E-state index contributed by atoms with van der Waals surface area (Å²) in [5, 5.41) is 0. The van der Waals surface area contributed by atoms with Crippen LogP contribution < -0.4 is 5.73 Å². The largest absolute Gasteiger partial charge is 0.328 e. The Bertz CT molecular complexity index is 168. The summed E-state index contributed by atoms with van der Waals surface area (Å²) in [6.45, 7) is 10.7. The molecule has 0 radical (unpaired) electrons. The number of hydrogen-bond acceptors (Lipinski definition) is 2. The van der Waals surface area contributed by atoms with E-state index in [0.29, 0.717) is 6.04 Å². The Morgan fingerprint density at radius 2 is 2.13 bits per heavy atom. The van der Waals surface area contributed by atoms with Crippen LogP contribution in [0.4, 0.5) is 0 Å². The molecule has 0 aliphatic carbocycles. The van der Waals surface area contributed by atoms with Gasteiger partial charge in [-0.25, -0.2) is 0 Å². The molecule has 2 N–H and O–H groups in total. The first-order valence-corrected chi connectivity index (χ1v) is 6.59. The van der Waals surface area contributed by atoms with Crippen molar-refractivity contribution >= 4 is 0 Å². The van der Waals surface area contributed by atoms with Crippen molar-refractivity contribution in [3.63, 3.8) is 0 Å². The lowest BCUT2D eigenvalue weighted by Gasteiger charge is -2.34. The van der Waals surface area contributed by atoms with Crippen molar-refractivity contribution in [1.29, 1.82) is 0 Å². The van der Waals surface area contributed by atoms with Crippen molar-refractivity contribution in [2.45, 2.75) is 52.5 Å². The molecule has 2 unspecified atom stereocenters. The Morgan fingerprint density at radius 3 is 2.73 bits per heavy atom. The van der Waals surface area contributed by atoms with Gasteiger partial charge in [-0.2, -0.15) is 0 Å². The SMILES string of the molecule is CCC(N)CC1CCCN(CC(C)C)C1. The van der Waals surface area contributed by atoms with Gasteiger partial charge >= 0.3 is 0 Å². The lowest BCUT2D eigenvalue weighted by Crippen LogP contribution is -2.39. The third kappa shape index (κ3) is 4.98. The molecule has 0 bridgehead atoms. The third-order valence-corrected chi connectivity index (χ3v) is 3.39. The van der Waals surface area contributed by atoms with E-state index in [4.69, 9.17) is 5.73 Å². The molecule has 2 nitrogen and oxygen atoms in total. The van der Waals surface area contributed by atoms with Gasteiger partial charge in [-0.1, -0.05) is 20.8 Å². The summed E-state index contributed by atoms with van der Waals surface area (Å²) in [6, 6.07) is 0.425. The molecule has 0 aromatic rings. The van der Waals surface area contributed by atoms with Gasteiger partial charge in [-0.15, -0.1) is 0 Å². The van der Waals surface area contributed by atoms with Gasteiger partial charge in [0.15, 0.2) is 0 Å². The second kappa shape index (κ2) is 6.49. The minimum absolute atomic E-state index is 0.425. The summed E-state index contributed by atoms with van der Waals surface area (Å²) in [7, 11) is 0. The van der Waals surface area contributed by atoms with Crippen LogP contribution in [0.15, 0.2) is 0 Å². The second-order valence-corrected chi connectivity index (χ2v) is 5.57. The maximum Gasteiger partial charge on any atom is 0.00393 e. The van der Waals surface area contributed by atoms with Gasteiger partial charge in [0, 0.05) is 19.1 Å². The van der Waals surface area contributed by atoms with E-state index >= 15 is 0 Å². The molecule has 0 amide bonds. The first-order chi connectivity index (χ1) is 7.11. The highest BCUT2D eigenvalue weighted by Gasteiger charge is 2.21. The maximum absolute atomic E-state index is 6.03. The van der Waals surface area contributed by atoms with Gasteiger partial charge in [0.1, 0.15) is 0 Å². The van der Waals surface area contributed by atoms with Crippen LogP contribution in [0, 0.1) is 11.8 Å². The van der Waals surface area contributed by atoms with E-state index in [1.165, 1.54) is 38.9 Å². The number of nitrogens with two attached hydrogens (primary N) is 1. The average molecular weight is 212 g/mol. The number of rotatable bonds is 5. The van der Waals surface area contributed by atoms with Gasteiger partial charge < -0.3 is 10.6 Å². The van der Waals surface area contributed by atoms with Crippen LogP contribution in [0.3, 0.4) is 0 Å². The van der Waals surface area contributed by atoms with Gasteiger partial charge in [0.05, 0.1) is 0 Å². The number of likely N-dealkylation sites (tertiary alicyclic amines) is 1. The first kappa shape index (κ1) is 13.0. The molecular formula is C13H28N2. The zero-order valence-corrected chi connectivity index (χ0v) is 10.7. The van der Waals surface area contributed by atoms with Crippen LogP contribution in [-0.2, 0) is 0 Å². The van der Waals surface area contributed by atoms with E-state index in [2.05, 4.69) is 25.7 Å². The molecule has 0 saturated carbocycles. The Hall–Kier alpha value is -0.0800. The first-order valence-electron chi connectivity index (χ1n) is 6.59. The van der Waals surface area contributed by atoms with Crippen molar-refractivity contribution in [2.24, 2.45) is 17.6 Å². The summed E-state index contributed by atoms with van der Waals surface area (Å²) < 4.78 is 0. The van der Waals surface area contributed by atoms with E-state index in [1.807, 2.05) is 0 Å². The molecule has 90 valence electrons. The fourth-order valence-electron chi connectivity index (χ4n) is 2.62. The lowest BCUT2D eigenvalue weighted by atomic mass is 9.90. The maximum atomic E-state index is 6.03. The molecule has 2 atom stereocenters. The highest BCUT2D eigenvalue weighted by Crippen LogP contribution is 2.21. The molecular weight excluding hydrogens is 184 g/mol. The quantitative estimate of drug-likeness (QED) is 0.758. The fourth-order valence-corrected chi connectivity index (χ4v) is 2.62. The topological polar surface area (TPSA) is 29.3 Å². The molecule has 1 saturated heterocycles. The minimum atomic E-state index is 0.425. The number of hydrogen-bond donors (Lipinski definition) is 1. The van der Waals surface area contributed by atoms with Crippen molar-refractivity contribution in [1.82, 2.24) is 4.90 Å². The Labute approximate surface area is 95.2 Å². The molecule has 1 fully saturated rings. The van der Waals surface area contributed by atoms with E-state index in [9.17, 15) is 0 Å². The summed E-state index contributed by atoms with van der Waals surface area (Å²) in [5.74, 6) is 1.65. The lowest BCUT2D eigenvalue weighted by molar-refractivity contribution is 0.148. The number of piperidine rings is 1. The molecule has 1 aliphatic rings. The van der Waals surface area contributed by atoms with Gasteiger partial charge in [0.2, 0.25) is 0 Å². The van der Waals surface area contributed by atoms with Crippen LogP contribution in [-0.4, -0.2) is 30.6 Å². The van der Waals surface area contributed by atoms with E-state index in [1.54, 1.807) is 0 Å². The second-order valence-electron chi connectivity index (χ2n) is 5.57. The van der Waals surface area contributed by atoms with Crippen LogP contribution in [0.25, 0.3) is 0 Å². The molecule has 0 spiro atoms. The number of nitrogens with zero attached hydrogens (tertiary/aromatic N) is 1. The smallest absolute Gasteiger partial charge is 0.00393 e. The summed E-state index contributed by atoms with van der Waals surface area (Å²) >= 11 is 0. The van der Waals surface area contributed by atoms with Crippen LogP contribution in [0.2, 0.25) is 0 Å². The zero-order chi connectivity index (χ0) is 11.3. The van der Waals surface area contributed by atoms with Crippen LogP contribution in [0.1, 0.15) is 46.5 Å². The summed E-state index contributed by atoms with van der Waals surface area (Å²) in [4.78, 5) is 2.63. The van der Waals surface area contributed by atoms with E-state index in [-0.39, 0.29) is 0 Å². The van der Waals surface area contributed by atoms with E-state index < -0.39 is 0 Å². The molecule has 15 heavy (non-hydrogen) atoms. The molecule has 2 heteroatoms. The van der Waals surface area contributed by atoms with Gasteiger partial charge in [0.25, 0.3) is 0 Å². The Balaban J connectivity index is 2.28. The standard InChI is InChI=1S/C13H28N2/c1-4-13(14)8-12-6-5-7-15(10-12)9-11(2)3/h11-13H,4-10,14H2,1-3H3. The predicted molar refractivity (Wildman–Crippen MR) is 66.9 cm³/mol. The monoisotopic (exact) mass is 212 g/mol. The van der Waals surface area contributed by atoms with Crippen molar-refractivity contribution in [3.8, 4) is 0 Å². The Morgan fingerprint density at radius 1 is 1.40 bits per heavy atom. The van der Waals surface area contributed by atoms with Crippen molar-refractivity contribution < 1.29 is 0 Å². The van der Waals surface area contributed by atoms with E-state index in [0.717, 1.165) is 18.3 Å². The molecule has 0 aromatic heterocycles. The predicted octanol–water partition coefficient (Wildman–Crippen LogP) is 2.48. The van der Waals surface area contributed by atoms with Crippen LogP contribution >= 0.6 is 0 Å². The normalized spacial score (nSPS) is 25.8. The molecule has 1 rings (SSSR count). The highest BCUT2D eigenvalue weighted by atomic mass is 15.1. The van der Waals surface area contributed by atoms with Crippen molar-refractivity contribution in [3.05, 3.63) is 0 Å². The third-order valence-electron chi connectivity index (χ3n) is 3.39.